The van der Waals surface area contributed by atoms with Gasteiger partial charge in [0, 0.05) is 29.7 Å². The van der Waals surface area contributed by atoms with Crippen LogP contribution < -0.4 is 15.8 Å². The average Bonchev–Trinajstić information content (AvgIpc) is 2.59. The molecule has 0 radical (unpaired) electrons. The Balaban J connectivity index is 1.77. The molecule has 1 heterocycles. The first kappa shape index (κ1) is 19.9. The summed E-state index contributed by atoms with van der Waals surface area (Å²) in [5.41, 5.74) is 6.37. The molecule has 0 unspecified atom stereocenters. The van der Waals surface area contributed by atoms with Crippen LogP contribution in [-0.2, 0) is 11.3 Å². The fourth-order valence-corrected chi connectivity index (χ4v) is 2.86. The molecule has 2 rings (SSSR count). The van der Waals surface area contributed by atoms with Crippen molar-refractivity contribution in [2.75, 3.05) is 39.4 Å². The number of alkyl halides is 2. The van der Waals surface area contributed by atoms with E-state index in [2.05, 4.69) is 35.9 Å². The normalized spacial score (nSPS) is 16.2. The van der Waals surface area contributed by atoms with Crippen LogP contribution in [0, 0.1) is 0 Å². The van der Waals surface area contributed by atoms with Gasteiger partial charge in [0.2, 0.25) is 0 Å². The van der Waals surface area contributed by atoms with Gasteiger partial charge in [-0.3, -0.25) is 4.90 Å². The minimum absolute atomic E-state index is 0.0991. The van der Waals surface area contributed by atoms with Gasteiger partial charge in [0.1, 0.15) is 5.75 Å². The number of ether oxygens (including phenoxy) is 2. The highest BCUT2D eigenvalue weighted by Gasteiger charge is 2.11. The molecule has 1 aliphatic rings. The Kier molecular flexibility index (Phi) is 8.36. The summed E-state index contributed by atoms with van der Waals surface area (Å²) in [5, 5.41) is 3.04. The molecule has 0 bridgehead atoms. The summed E-state index contributed by atoms with van der Waals surface area (Å²) in [5.74, 6) is 0.381. The van der Waals surface area contributed by atoms with Crippen molar-refractivity contribution in [3.8, 4) is 5.75 Å². The first-order valence-corrected chi connectivity index (χ1v) is 8.91. The fraction of sp³-hybridized carbons (Fsp3) is 0.562. The van der Waals surface area contributed by atoms with E-state index in [4.69, 9.17) is 10.5 Å². The topological polar surface area (TPSA) is 72.1 Å². The molecule has 0 saturated carbocycles. The smallest absolute Gasteiger partial charge is 0.387 e. The van der Waals surface area contributed by atoms with E-state index in [0.717, 1.165) is 43.7 Å². The van der Waals surface area contributed by atoms with Crippen LogP contribution in [0.1, 0.15) is 12.0 Å². The minimum Gasteiger partial charge on any atom is -0.434 e. The number of aliphatic imine (C=N–C) groups is 1. The van der Waals surface area contributed by atoms with E-state index in [9.17, 15) is 8.78 Å². The van der Waals surface area contributed by atoms with Crippen LogP contribution in [0.4, 0.5) is 8.78 Å². The van der Waals surface area contributed by atoms with Gasteiger partial charge in [0.15, 0.2) is 5.96 Å². The molecule has 3 N–H and O–H groups in total. The van der Waals surface area contributed by atoms with Crippen molar-refractivity contribution in [3.05, 3.63) is 28.2 Å². The first-order chi connectivity index (χ1) is 12.0. The summed E-state index contributed by atoms with van der Waals surface area (Å²) in [7, 11) is 0. The van der Waals surface area contributed by atoms with Gasteiger partial charge in [0.05, 0.1) is 19.8 Å². The third kappa shape index (κ3) is 7.54. The number of rotatable bonds is 8. The van der Waals surface area contributed by atoms with Gasteiger partial charge in [-0.05, 0) is 31.2 Å². The van der Waals surface area contributed by atoms with E-state index in [-0.39, 0.29) is 18.3 Å². The van der Waals surface area contributed by atoms with Crippen molar-refractivity contribution >= 4 is 21.9 Å². The lowest BCUT2D eigenvalue weighted by Gasteiger charge is -2.26. The predicted octanol–water partition coefficient (Wildman–Crippen LogP) is 2.18. The van der Waals surface area contributed by atoms with Gasteiger partial charge in [-0.15, -0.1) is 0 Å². The van der Waals surface area contributed by atoms with E-state index in [1.807, 2.05) is 0 Å². The molecule has 0 amide bonds. The zero-order chi connectivity index (χ0) is 18.1. The number of morpholine rings is 1. The van der Waals surface area contributed by atoms with Crippen LogP contribution in [0.2, 0.25) is 0 Å². The zero-order valence-corrected chi connectivity index (χ0v) is 15.5. The fourth-order valence-electron chi connectivity index (χ4n) is 2.45. The van der Waals surface area contributed by atoms with E-state index in [0.29, 0.717) is 12.1 Å². The third-order valence-electron chi connectivity index (χ3n) is 3.72. The summed E-state index contributed by atoms with van der Waals surface area (Å²) >= 11 is 3.31. The standard InChI is InChI=1S/C16H23BrF2N4O2/c17-13-2-3-14(25-15(18)19)12(10-13)11-22-16(20)21-4-1-5-23-6-8-24-9-7-23/h2-3,10,15H,1,4-9,11H2,(H3,20,21,22). The molecule has 1 aliphatic heterocycles. The maximum absolute atomic E-state index is 12.4. The van der Waals surface area contributed by atoms with Crippen molar-refractivity contribution in [2.24, 2.45) is 10.7 Å². The second kappa shape index (κ2) is 10.5. The number of guanidine groups is 1. The third-order valence-corrected chi connectivity index (χ3v) is 4.21. The number of hydrogen-bond acceptors (Lipinski definition) is 4. The zero-order valence-electron chi connectivity index (χ0n) is 13.9. The van der Waals surface area contributed by atoms with Gasteiger partial charge in [-0.1, -0.05) is 15.9 Å². The number of benzene rings is 1. The molecule has 0 aromatic heterocycles. The lowest BCUT2D eigenvalue weighted by molar-refractivity contribution is -0.0504. The van der Waals surface area contributed by atoms with Crippen LogP contribution in [-0.4, -0.2) is 56.9 Å². The summed E-state index contributed by atoms with van der Waals surface area (Å²) in [6.07, 6.45) is 0.937. The SMILES string of the molecule is NC(=NCc1cc(Br)ccc1OC(F)F)NCCCN1CCOCC1. The quantitative estimate of drug-likeness (QED) is 0.383. The van der Waals surface area contributed by atoms with Crippen LogP contribution in [0.15, 0.2) is 27.7 Å². The van der Waals surface area contributed by atoms with Crippen LogP contribution >= 0.6 is 15.9 Å². The second-order valence-electron chi connectivity index (χ2n) is 5.57. The van der Waals surface area contributed by atoms with Gasteiger partial charge < -0.3 is 20.5 Å². The Morgan fingerprint density at radius 1 is 1.40 bits per heavy atom. The molecule has 140 valence electrons. The maximum atomic E-state index is 12.4. The Hall–Kier alpha value is -1.45. The largest absolute Gasteiger partial charge is 0.434 e. The number of nitrogens with zero attached hydrogens (tertiary/aromatic N) is 2. The molecule has 0 spiro atoms. The maximum Gasteiger partial charge on any atom is 0.387 e. The van der Waals surface area contributed by atoms with Crippen LogP contribution in [0.5, 0.6) is 5.75 Å². The Bertz CT molecular complexity index is 569. The molecule has 0 atom stereocenters. The van der Waals surface area contributed by atoms with Crippen molar-refractivity contribution in [2.45, 2.75) is 19.6 Å². The lowest BCUT2D eigenvalue weighted by Crippen LogP contribution is -2.39. The van der Waals surface area contributed by atoms with Crippen molar-refractivity contribution in [3.63, 3.8) is 0 Å². The molecular formula is C16H23BrF2N4O2. The number of halogens is 3. The molecule has 1 aromatic carbocycles. The van der Waals surface area contributed by atoms with E-state index < -0.39 is 6.61 Å². The monoisotopic (exact) mass is 420 g/mol. The molecule has 9 heteroatoms. The highest BCUT2D eigenvalue weighted by molar-refractivity contribution is 9.10. The van der Waals surface area contributed by atoms with Gasteiger partial charge in [-0.25, -0.2) is 4.99 Å². The highest BCUT2D eigenvalue weighted by atomic mass is 79.9. The average molecular weight is 421 g/mol. The Morgan fingerprint density at radius 2 is 2.16 bits per heavy atom. The van der Waals surface area contributed by atoms with E-state index >= 15 is 0 Å². The summed E-state index contributed by atoms with van der Waals surface area (Å²) in [6.45, 7) is 2.44. The molecule has 0 aliphatic carbocycles. The van der Waals surface area contributed by atoms with Crippen LogP contribution in [0.3, 0.4) is 0 Å². The Labute approximate surface area is 154 Å². The number of hydrogen-bond donors (Lipinski definition) is 2. The van der Waals surface area contributed by atoms with Crippen molar-refractivity contribution in [1.29, 1.82) is 0 Å². The minimum atomic E-state index is -2.88. The van der Waals surface area contributed by atoms with Crippen molar-refractivity contribution in [1.82, 2.24) is 10.2 Å². The molecule has 6 nitrogen and oxygen atoms in total. The summed E-state index contributed by atoms with van der Waals surface area (Å²) in [6, 6.07) is 4.80. The van der Waals surface area contributed by atoms with Gasteiger partial charge in [-0.2, -0.15) is 8.78 Å². The van der Waals surface area contributed by atoms with E-state index in [1.165, 1.54) is 6.07 Å². The van der Waals surface area contributed by atoms with Gasteiger partial charge in [0.25, 0.3) is 0 Å². The molecule has 1 fully saturated rings. The molecule has 25 heavy (non-hydrogen) atoms. The number of nitrogens with two attached hydrogens (primary N) is 1. The lowest BCUT2D eigenvalue weighted by atomic mass is 10.2. The Morgan fingerprint density at radius 3 is 2.88 bits per heavy atom. The second-order valence-corrected chi connectivity index (χ2v) is 6.48. The first-order valence-electron chi connectivity index (χ1n) is 8.11. The van der Waals surface area contributed by atoms with Crippen LogP contribution in [0.25, 0.3) is 0 Å². The highest BCUT2D eigenvalue weighted by Crippen LogP contribution is 2.25. The predicted molar refractivity (Wildman–Crippen MR) is 96.0 cm³/mol. The number of nitrogens with one attached hydrogen (secondary N) is 1. The summed E-state index contributed by atoms with van der Waals surface area (Å²) < 4.78 is 35.4. The van der Waals surface area contributed by atoms with Gasteiger partial charge >= 0.3 is 6.61 Å². The molecule has 1 aromatic rings. The van der Waals surface area contributed by atoms with Crippen molar-refractivity contribution < 1.29 is 18.3 Å². The van der Waals surface area contributed by atoms with E-state index in [1.54, 1.807) is 12.1 Å². The molecular weight excluding hydrogens is 398 g/mol. The summed E-state index contributed by atoms with van der Waals surface area (Å²) in [4.78, 5) is 6.53. The molecule has 1 saturated heterocycles.